The van der Waals surface area contributed by atoms with Crippen molar-refractivity contribution in [2.24, 2.45) is 5.92 Å². The van der Waals surface area contributed by atoms with Crippen LogP contribution in [-0.4, -0.2) is 22.9 Å². The van der Waals surface area contributed by atoms with Crippen LogP contribution in [0, 0.1) is 5.92 Å². The highest BCUT2D eigenvalue weighted by Gasteiger charge is 2.33. The van der Waals surface area contributed by atoms with Gasteiger partial charge in [0, 0.05) is 0 Å². The van der Waals surface area contributed by atoms with E-state index in [-0.39, 0.29) is 17.8 Å². The lowest BCUT2D eigenvalue weighted by atomic mass is 10.0. The summed E-state index contributed by atoms with van der Waals surface area (Å²) in [5.74, 6) is 0.256. The third-order valence-electron chi connectivity index (χ3n) is 2.64. The third-order valence-corrected chi connectivity index (χ3v) is 2.64. The van der Waals surface area contributed by atoms with E-state index in [4.69, 9.17) is 4.52 Å². The molecule has 0 aromatic carbocycles. The molecule has 16 heavy (non-hydrogen) atoms. The maximum absolute atomic E-state index is 12.1. The Balaban J connectivity index is 2.07. The van der Waals surface area contributed by atoms with Crippen molar-refractivity contribution in [3.8, 4) is 0 Å². The Bertz CT molecular complexity index is 363. The number of alkyl halides is 3. The van der Waals surface area contributed by atoms with E-state index >= 15 is 0 Å². The maximum Gasteiger partial charge on any atom is 0.396 e. The Morgan fingerprint density at radius 3 is 2.81 bits per heavy atom. The minimum Gasteiger partial charge on any atom is -0.338 e. The zero-order chi connectivity index (χ0) is 11.8. The molecule has 2 heterocycles. The number of rotatable bonds is 2. The van der Waals surface area contributed by atoms with Gasteiger partial charge in [0.1, 0.15) is 6.42 Å². The van der Waals surface area contributed by atoms with Crippen LogP contribution in [0.5, 0.6) is 0 Å². The standard InChI is InChI=1S/C9H12F3N3O/c1-5-2-3-13-7(5)8-14-6(15-16-8)4-9(10,11)12/h5,7,13H,2-4H2,1H3. The van der Waals surface area contributed by atoms with E-state index in [2.05, 4.69) is 15.5 Å². The zero-order valence-electron chi connectivity index (χ0n) is 8.71. The van der Waals surface area contributed by atoms with Crippen molar-refractivity contribution < 1.29 is 17.7 Å². The van der Waals surface area contributed by atoms with Crippen molar-refractivity contribution >= 4 is 0 Å². The second-order valence-corrected chi connectivity index (χ2v) is 4.04. The highest BCUT2D eigenvalue weighted by molar-refractivity contribution is 4.98. The van der Waals surface area contributed by atoms with Crippen molar-refractivity contribution in [1.29, 1.82) is 0 Å². The van der Waals surface area contributed by atoms with Crippen LogP contribution in [0.15, 0.2) is 4.52 Å². The topological polar surface area (TPSA) is 51.0 Å². The summed E-state index contributed by atoms with van der Waals surface area (Å²) >= 11 is 0. The Morgan fingerprint density at radius 2 is 2.25 bits per heavy atom. The molecule has 1 aromatic heterocycles. The van der Waals surface area contributed by atoms with Gasteiger partial charge in [-0.05, 0) is 18.9 Å². The minimum absolute atomic E-state index is 0.116. The summed E-state index contributed by atoms with van der Waals surface area (Å²) in [7, 11) is 0. The minimum atomic E-state index is -4.30. The molecule has 0 bridgehead atoms. The number of hydrogen-bond donors (Lipinski definition) is 1. The monoisotopic (exact) mass is 235 g/mol. The van der Waals surface area contributed by atoms with Crippen LogP contribution in [0.25, 0.3) is 0 Å². The molecule has 1 N–H and O–H groups in total. The van der Waals surface area contributed by atoms with Gasteiger partial charge in [0.2, 0.25) is 5.89 Å². The Kier molecular flexibility index (Phi) is 2.88. The van der Waals surface area contributed by atoms with Gasteiger partial charge in [0.15, 0.2) is 5.82 Å². The van der Waals surface area contributed by atoms with Crippen molar-refractivity contribution in [1.82, 2.24) is 15.5 Å². The molecule has 0 spiro atoms. The second-order valence-electron chi connectivity index (χ2n) is 4.04. The molecule has 2 atom stereocenters. The van der Waals surface area contributed by atoms with Crippen LogP contribution in [0.4, 0.5) is 13.2 Å². The fourth-order valence-electron chi connectivity index (χ4n) is 1.81. The van der Waals surface area contributed by atoms with Crippen LogP contribution in [0.1, 0.15) is 31.1 Å². The van der Waals surface area contributed by atoms with Crippen LogP contribution < -0.4 is 5.32 Å². The van der Waals surface area contributed by atoms with E-state index in [9.17, 15) is 13.2 Å². The molecule has 0 amide bonds. The molecule has 1 aliphatic rings. The van der Waals surface area contributed by atoms with E-state index in [0.717, 1.165) is 13.0 Å². The lowest BCUT2D eigenvalue weighted by Gasteiger charge is -2.09. The number of nitrogens with one attached hydrogen (secondary N) is 1. The molecule has 1 fully saturated rings. The molecule has 0 saturated carbocycles. The Labute approximate surface area is 90.2 Å². The smallest absolute Gasteiger partial charge is 0.338 e. The lowest BCUT2D eigenvalue weighted by Crippen LogP contribution is -2.17. The molecule has 90 valence electrons. The molecular weight excluding hydrogens is 223 g/mol. The first kappa shape index (κ1) is 11.4. The highest BCUT2D eigenvalue weighted by atomic mass is 19.4. The van der Waals surface area contributed by atoms with Gasteiger partial charge in [0.25, 0.3) is 0 Å². The summed E-state index contributed by atoms with van der Waals surface area (Å²) in [6, 6.07) is -0.116. The highest BCUT2D eigenvalue weighted by Crippen LogP contribution is 2.28. The van der Waals surface area contributed by atoms with Crippen molar-refractivity contribution in [3.63, 3.8) is 0 Å². The predicted molar refractivity (Wildman–Crippen MR) is 48.6 cm³/mol. The number of nitrogens with zero attached hydrogens (tertiary/aromatic N) is 2. The van der Waals surface area contributed by atoms with Crippen molar-refractivity contribution in [2.75, 3.05) is 6.54 Å². The molecule has 0 radical (unpaired) electrons. The fourth-order valence-corrected chi connectivity index (χ4v) is 1.81. The zero-order valence-corrected chi connectivity index (χ0v) is 8.71. The summed E-state index contributed by atoms with van der Waals surface area (Å²) < 4.78 is 41.0. The van der Waals surface area contributed by atoms with Gasteiger partial charge in [-0.2, -0.15) is 18.2 Å². The largest absolute Gasteiger partial charge is 0.396 e. The first-order valence-electron chi connectivity index (χ1n) is 5.08. The fraction of sp³-hybridized carbons (Fsp3) is 0.778. The van der Waals surface area contributed by atoms with Gasteiger partial charge in [-0.15, -0.1) is 0 Å². The Hall–Kier alpha value is -1.11. The molecule has 1 aliphatic heterocycles. The quantitative estimate of drug-likeness (QED) is 0.849. The van der Waals surface area contributed by atoms with Crippen molar-refractivity contribution in [3.05, 3.63) is 11.7 Å². The van der Waals surface area contributed by atoms with Crippen LogP contribution in [-0.2, 0) is 6.42 Å². The van der Waals surface area contributed by atoms with Crippen LogP contribution in [0.2, 0.25) is 0 Å². The Morgan fingerprint density at radius 1 is 1.50 bits per heavy atom. The average Bonchev–Trinajstić information content (AvgIpc) is 2.71. The lowest BCUT2D eigenvalue weighted by molar-refractivity contribution is -0.128. The summed E-state index contributed by atoms with van der Waals surface area (Å²) in [4.78, 5) is 3.77. The first-order valence-corrected chi connectivity index (χ1v) is 5.08. The third kappa shape index (κ3) is 2.52. The molecule has 0 aliphatic carbocycles. The van der Waals surface area contributed by atoms with E-state index in [0.29, 0.717) is 5.92 Å². The van der Waals surface area contributed by atoms with Gasteiger partial charge in [-0.3, -0.25) is 0 Å². The first-order chi connectivity index (χ1) is 7.46. The predicted octanol–water partition coefficient (Wildman–Crippen LogP) is 1.84. The molecule has 7 heteroatoms. The van der Waals surface area contributed by atoms with E-state index in [1.807, 2.05) is 6.92 Å². The molecular formula is C9H12F3N3O. The average molecular weight is 235 g/mol. The van der Waals surface area contributed by atoms with Crippen molar-refractivity contribution in [2.45, 2.75) is 32.0 Å². The van der Waals surface area contributed by atoms with Crippen LogP contribution >= 0.6 is 0 Å². The summed E-state index contributed by atoms with van der Waals surface area (Å²) in [6.07, 6.45) is -4.48. The molecule has 1 aromatic rings. The van der Waals surface area contributed by atoms with E-state index < -0.39 is 12.6 Å². The molecule has 2 unspecified atom stereocenters. The number of halogens is 3. The SMILES string of the molecule is CC1CCNC1c1nc(CC(F)(F)F)no1. The van der Waals surface area contributed by atoms with Gasteiger partial charge < -0.3 is 9.84 Å². The van der Waals surface area contributed by atoms with E-state index in [1.165, 1.54) is 0 Å². The van der Waals surface area contributed by atoms with Gasteiger partial charge >= 0.3 is 6.18 Å². The van der Waals surface area contributed by atoms with Crippen LogP contribution in [0.3, 0.4) is 0 Å². The number of hydrogen-bond acceptors (Lipinski definition) is 4. The van der Waals surface area contributed by atoms with Gasteiger partial charge in [-0.25, -0.2) is 0 Å². The second kappa shape index (κ2) is 4.04. The maximum atomic E-state index is 12.1. The molecule has 4 nitrogen and oxygen atoms in total. The van der Waals surface area contributed by atoms with Gasteiger partial charge in [0.05, 0.1) is 6.04 Å². The number of aromatic nitrogens is 2. The normalized spacial score (nSPS) is 26.2. The molecule has 1 saturated heterocycles. The molecule has 2 rings (SSSR count). The van der Waals surface area contributed by atoms with E-state index in [1.54, 1.807) is 0 Å². The van der Waals surface area contributed by atoms with Gasteiger partial charge in [-0.1, -0.05) is 12.1 Å². The summed E-state index contributed by atoms with van der Waals surface area (Å²) in [6.45, 7) is 2.82. The summed E-state index contributed by atoms with van der Waals surface area (Å²) in [5.41, 5.74) is 0. The summed E-state index contributed by atoms with van der Waals surface area (Å²) in [5, 5.41) is 6.46.